The van der Waals surface area contributed by atoms with Gasteiger partial charge < -0.3 is 19.9 Å². The predicted molar refractivity (Wildman–Crippen MR) is 104 cm³/mol. The Hall–Kier alpha value is -2.12. The summed E-state index contributed by atoms with van der Waals surface area (Å²) in [6.45, 7) is 3.44. The van der Waals surface area contributed by atoms with E-state index in [4.69, 9.17) is 20.9 Å². The smallest absolute Gasteiger partial charge is 0.228 e. The molecule has 2 aromatic rings. The molecule has 0 saturated carbocycles. The zero-order valence-corrected chi connectivity index (χ0v) is 16.1. The van der Waals surface area contributed by atoms with Crippen LogP contribution in [-0.2, 0) is 11.2 Å². The minimum atomic E-state index is 0.316. The van der Waals surface area contributed by atoms with Crippen molar-refractivity contribution in [3.05, 3.63) is 35.2 Å². The highest BCUT2D eigenvalue weighted by Crippen LogP contribution is 2.34. The minimum Gasteiger partial charge on any atom is -0.373 e. The van der Waals surface area contributed by atoms with Crippen LogP contribution in [0.4, 0.5) is 0 Å². The maximum atomic E-state index is 5.91. The normalized spacial score (nSPS) is 24.4. The van der Waals surface area contributed by atoms with Crippen LogP contribution in [-0.4, -0.2) is 47.4 Å². The second-order valence-electron chi connectivity index (χ2n) is 6.89. The first-order chi connectivity index (χ1) is 13.2. The van der Waals surface area contributed by atoms with Crippen LogP contribution in [0.2, 0.25) is 5.02 Å². The van der Waals surface area contributed by atoms with Crippen LogP contribution in [0, 0.1) is 0 Å². The lowest BCUT2D eigenvalue weighted by atomic mass is 9.96. The molecule has 3 atom stereocenters. The maximum Gasteiger partial charge on any atom is 0.228 e. The number of halogens is 1. The van der Waals surface area contributed by atoms with Gasteiger partial charge in [0.15, 0.2) is 5.96 Å². The Morgan fingerprint density at radius 2 is 2.15 bits per heavy atom. The molecule has 2 bridgehead atoms. The number of nitrogens with zero attached hydrogens (tertiary/aromatic N) is 3. The quantitative estimate of drug-likeness (QED) is 0.583. The van der Waals surface area contributed by atoms with Crippen molar-refractivity contribution in [2.75, 3.05) is 13.1 Å². The molecular weight excluding hydrogens is 366 g/mol. The van der Waals surface area contributed by atoms with Gasteiger partial charge in [-0.2, -0.15) is 4.98 Å². The first-order valence-corrected chi connectivity index (χ1v) is 9.88. The van der Waals surface area contributed by atoms with Gasteiger partial charge >= 0.3 is 0 Å². The molecule has 2 N–H and O–H groups in total. The van der Waals surface area contributed by atoms with E-state index in [1.54, 1.807) is 0 Å². The van der Waals surface area contributed by atoms with Gasteiger partial charge in [-0.3, -0.25) is 4.99 Å². The van der Waals surface area contributed by atoms with Crippen molar-refractivity contribution in [1.29, 1.82) is 0 Å². The van der Waals surface area contributed by atoms with Crippen LogP contribution in [0.5, 0.6) is 0 Å². The van der Waals surface area contributed by atoms with Crippen LogP contribution in [0.3, 0.4) is 0 Å². The van der Waals surface area contributed by atoms with Gasteiger partial charge in [-0.25, -0.2) is 0 Å². The lowest BCUT2D eigenvalue weighted by molar-refractivity contribution is 0.0992. The molecule has 2 saturated heterocycles. The van der Waals surface area contributed by atoms with Crippen molar-refractivity contribution in [3.8, 4) is 11.4 Å². The van der Waals surface area contributed by atoms with Crippen molar-refractivity contribution >= 4 is 17.6 Å². The number of aromatic nitrogens is 2. The zero-order valence-electron chi connectivity index (χ0n) is 15.3. The van der Waals surface area contributed by atoms with E-state index < -0.39 is 0 Å². The van der Waals surface area contributed by atoms with Gasteiger partial charge in [-0.05, 0) is 50.5 Å². The van der Waals surface area contributed by atoms with Crippen molar-refractivity contribution < 1.29 is 9.26 Å². The third kappa shape index (κ3) is 4.42. The molecule has 0 spiro atoms. The number of ether oxygens (including phenoxy) is 1. The van der Waals surface area contributed by atoms with E-state index in [-0.39, 0.29) is 0 Å². The molecule has 3 unspecified atom stereocenters. The van der Waals surface area contributed by atoms with E-state index in [2.05, 4.69) is 32.7 Å². The van der Waals surface area contributed by atoms with Gasteiger partial charge in [-0.15, -0.1) is 0 Å². The second-order valence-corrected chi connectivity index (χ2v) is 7.33. The van der Waals surface area contributed by atoms with Crippen LogP contribution in [0.25, 0.3) is 11.4 Å². The number of benzene rings is 1. The van der Waals surface area contributed by atoms with Crippen LogP contribution < -0.4 is 10.6 Å². The Labute approximate surface area is 163 Å². The third-order valence-corrected chi connectivity index (χ3v) is 5.19. The number of hydrogen-bond donors (Lipinski definition) is 2. The summed E-state index contributed by atoms with van der Waals surface area (Å²) in [6, 6.07) is 7.72. The zero-order chi connectivity index (χ0) is 18.6. The molecule has 8 heteroatoms. The summed E-state index contributed by atoms with van der Waals surface area (Å²) in [5.74, 6) is 1.95. The number of nitrogens with one attached hydrogen (secondary N) is 2. The number of fused-ring (bicyclic) bond motifs is 2. The average molecular weight is 390 g/mol. The van der Waals surface area contributed by atoms with Crippen LogP contribution >= 0.6 is 11.6 Å². The summed E-state index contributed by atoms with van der Waals surface area (Å²) in [5.41, 5.74) is 0.879. The van der Waals surface area contributed by atoms with E-state index in [1.165, 1.54) is 6.42 Å². The van der Waals surface area contributed by atoms with Crippen LogP contribution in [0.1, 0.15) is 32.1 Å². The van der Waals surface area contributed by atoms with Crippen molar-refractivity contribution in [1.82, 2.24) is 20.8 Å². The fourth-order valence-corrected chi connectivity index (χ4v) is 3.75. The average Bonchev–Trinajstić information content (AvgIpc) is 3.39. The lowest BCUT2D eigenvalue weighted by Crippen LogP contribution is -2.47. The van der Waals surface area contributed by atoms with Gasteiger partial charge in [0.2, 0.25) is 11.7 Å². The van der Waals surface area contributed by atoms with E-state index in [1.807, 2.05) is 24.3 Å². The standard InChI is InChI=1S/C19H24ClN5O2/c1-2-21-19(23-15-11-14-7-8-16(15)26-14)22-10-9-17-24-18(25-27-17)12-3-5-13(20)6-4-12/h3-6,14-16H,2,7-11H2,1H3,(H2,21,22,23). The Kier molecular flexibility index (Phi) is 5.59. The Bertz CT molecular complexity index is 792. The number of aliphatic imine (C=N–C) groups is 1. The summed E-state index contributed by atoms with van der Waals surface area (Å²) in [4.78, 5) is 9.08. The summed E-state index contributed by atoms with van der Waals surface area (Å²) in [7, 11) is 0. The SMILES string of the molecule is CCNC(=NCCc1nc(-c2ccc(Cl)cc2)no1)NC1CC2CCC1O2. The highest BCUT2D eigenvalue weighted by atomic mass is 35.5. The van der Waals surface area contributed by atoms with Crippen molar-refractivity contribution in [2.24, 2.45) is 4.99 Å². The molecule has 3 heterocycles. The van der Waals surface area contributed by atoms with E-state index in [0.29, 0.717) is 48.0 Å². The molecule has 27 heavy (non-hydrogen) atoms. The van der Waals surface area contributed by atoms with Gasteiger partial charge in [0.05, 0.1) is 24.8 Å². The molecule has 2 aliphatic rings. The summed E-state index contributed by atoms with van der Waals surface area (Å²) in [6.07, 6.45) is 4.70. The largest absolute Gasteiger partial charge is 0.373 e. The van der Waals surface area contributed by atoms with Crippen molar-refractivity contribution in [3.63, 3.8) is 0 Å². The molecule has 2 fully saturated rings. The van der Waals surface area contributed by atoms with Crippen molar-refractivity contribution in [2.45, 2.75) is 50.9 Å². The van der Waals surface area contributed by atoms with Gasteiger partial charge in [0.1, 0.15) is 0 Å². The molecule has 144 valence electrons. The highest BCUT2D eigenvalue weighted by molar-refractivity contribution is 6.30. The van der Waals surface area contributed by atoms with Gasteiger partial charge in [0, 0.05) is 23.6 Å². The monoisotopic (exact) mass is 389 g/mol. The third-order valence-electron chi connectivity index (χ3n) is 4.94. The highest BCUT2D eigenvalue weighted by Gasteiger charge is 2.41. The summed E-state index contributed by atoms with van der Waals surface area (Å²) < 4.78 is 11.2. The van der Waals surface area contributed by atoms with Gasteiger partial charge in [-0.1, -0.05) is 16.8 Å². The molecule has 1 aromatic carbocycles. The summed E-state index contributed by atoms with van der Waals surface area (Å²) in [5, 5.41) is 11.5. The van der Waals surface area contributed by atoms with Gasteiger partial charge in [0.25, 0.3) is 0 Å². The molecule has 7 nitrogen and oxygen atoms in total. The topological polar surface area (TPSA) is 84.6 Å². The molecule has 4 rings (SSSR count). The van der Waals surface area contributed by atoms with Crippen LogP contribution in [0.15, 0.2) is 33.8 Å². The Morgan fingerprint density at radius 1 is 1.30 bits per heavy atom. The first kappa shape index (κ1) is 18.3. The summed E-state index contributed by atoms with van der Waals surface area (Å²) >= 11 is 5.91. The molecule has 1 aromatic heterocycles. The maximum absolute atomic E-state index is 5.91. The first-order valence-electron chi connectivity index (χ1n) is 9.50. The molecule has 0 aliphatic carbocycles. The second kappa shape index (κ2) is 8.27. The molecular formula is C19H24ClN5O2. The molecule has 0 radical (unpaired) electrons. The van der Waals surface area contributed by atoms with E-state index in [9.17, 15) is 0 Å². The number of rotatable bonds is 6. The Balaban J connectivity index is 1.33. The Morgan fingerprint density at radius 3 is 2.85 bits per heavy atom. The number of guanidine groups is 1. The predicted octanol–water partition coefficient (Wildman–Crippen LogP) is 2.81. The minimum absolute atomic E-state index is 0.316. The molecule has 2 aliphatic heterocycles. The fourth-order valence-electron chi connectivity index (χ4n) is 3.62. The van der Waals surface area contributed by atoms with E-state index in [0.717, 1.165) is 30.9 Å². The number of hydrogen-bond acceptors (Lipinski definition) is 5. The lowest BCUT2D eigenvalue weighted by Gasteiger charge is -2.22. The van der Waals surface area contributed by atoms with E-state index >= 15 is 0 Å². The molecule has 0 amide bonds. The fraction of sp³-hybridized carbons (Fsp3) is 0.526.